The Hall–Kier alpha value is -1.94. The molecule has 4 heteroatoms. The maximum atomic E-state index is 5.56. The van der Waals surface area contributed by atoms with Crippen LogP contribution in [0.3, 0.4) is 0 Å². The van der Waals surface area contributed by atoms with Crippen LogP contribution in [0, 0.1) is 0 Å². The summed E-state index contributed by atoms with van der Waals surface area (Å²) in [7, 11) is 0. The maximum absolute atomic E-state index is 5.56. The fraction of sp³-hybridized carbons (Fsp3) is 0.231. The van der Waals surface area contributed by atoms with Crippen molar-refractivity contribution in [3.63, 3.8) is 0 Å². The molecule has 1 aromatic heterocycles. The Morgan fingerprint density at radius 3 is 2.47 bits per heavy atom. The van der Waals surface area contributed by atoms with Crippen molar-refractivity contribution < 1.29 is 0 Å². The van der Waals surface area contributed by atoms with E-state index in [1.54, 1.807) is 6.20 Å². The fourth-order valence-electron chi connectivity index (χ4n) is 2.16. The summed E-state index contributed by atoms with van der Waals surface area (Å²) in [6.45, 7) is 2.21. The van der Waals surface area contributed by atoms with Crippen LogP contribution in [-0.2, 0) is 19.6 Å². The molecule has 1 aliphatic rings. The summed E-state index contributed by atoms with van der Waals surface area (Å²) in [6, 6.07) is 10.4. The Balaban J connectivity index is 1.88. The minimum absolute atomic E-state index is 0.384. The van der Waals surface area contributed by atoms with Crippen molar-refractivity contribution >= 4 is 5.82 Å². The lowest BCUT2D eigenvalue weighted by molar-refractivity contribution is 0.822. The molecule has 2 heterocycles. The molecule has 0 fully saturated rings. The number of hydrogen-bond acceptors (Lipinski definition) is 4. The number of anilines is 1. The van der Waals surface area contributed by atoms with E-state index in [0.717, 1.165) is 18.9 Å². The first-order valence-corrected chi connectivity index (χ1v) is 5.70. The van der Waals surface area contributed by atoms with E-state index in [1.807, 2.05) is 6.07 Å². The van der Waals surface area contributed by atoms with Crippen molar-refractivity contribution in [1.29, 1.82) is 0 Å². The molecule has 4 nitrogen and oxygen atoms in total. The highest BCUT2D eigenvalue weighted by molar-refractivity contribution is 5.46. The van der Waals surface area contributed by atoms with Gasteiger partial charge in [0.1, 0.15) is 11.6 Å². The minimum Gasteiger partial charge on any atom is -0.348 e. The first kappa shape index (κ1) is 10.2. The van der Waals surface area contributed by atoms with Crippen LogP contribution in [0.4, 0.5) is 5.82 Å². The van der Waals surface area contributed by atoms with Crippen LogP contribution in [0.25, 0.3) is 0 Å². The third-order valence-electron chi connectivity index (χ3n) is 3.04. The second-order valence-electron chi connectivity index (χ2n) is 4.16. The van der Waals surface area contributed by atoms with Gasteiger partial charge in [-0.1, -0.05) is 24.3 Å². The Bertz CT molecular complexity index is 513. The van der Waals surface area contributed by atoms with E-state index in [4.69, 9.17) is 5.73 Å². The predicted octanol–water partition coefficient (Wildman–Crippen LogP) is 1.46. The van der Waals surface area contributed by atoms with Gasteiger partial charge in [0.2, 0.25) is 0 Å². The zero-order valence-corrected chi connectivity index (χ0v) is 9.50. The van der Waals surface area contributed by atoms with E-state index >= 15 is 0 Å². The Kier molecular flexibility index (Phi) is 2.49. The van der Waals surface area contributed by atoms with Gasteiger partial charge in [-0.2, -0.15) is 0 Å². The van der Waals surface area contributed by atoms with Crippen molar-refractivity contribution in [3.05, 3.63) is 53.5 Å². The van der Waals surface area contributed by atoms with Crippen molar-refractivity contribution in [2.75, 3.05) is 4.90 Å². The molecule has 0 saturated carbocycles. The summed E-state index contributed by atoms with van der Waals surface area (Å²) in [5, 5.41) is 0. The third-order valence-corrected chi connectivity index (χ3v) is 3.04. The van der Waals surface area contributed by atoms with Gasteiger partial charge in [0.15, 0.2) is 0 Å². The monoisotopic (exact) mass is 226 g/mol. The summed E-state index contributed by atoms with van der Waals surface area (Å²) in [5.41, 5.74) is 8.31. The van der Waals surface area contributed by atoms with Crippen molar-refractivity contribution in [3.8, 4) is 0 Å². The average molecular weight is 226 g/mol. The molecule has 0 saturated heterocycles. The highest BCUT2D eigenvalue weighted by Gasteiger charge is 2.19. The minimum atomic E-state index is 0.384. The number of rotatable bonds is 2. The van der Waals surface area contributed by atoms with Crippen LogP contribution in [0.2, 0.25) is 0 Å². The van der Waals surface area contributed by atoms with Gasteiger partial charge < -0.3 is 10.6 Å². The molecular formula is C13H14N4. The fourth-order valence-corrected chi connectivity index (χ4v) is 2.16. The standard InChI is InChI=1S/C13H14N4/c14-7-12-15-6-5-13(16-12)17-8-10-3-1-2-4-11(10)9-17/h1-6H,7-9,14H2. The van der Waals surface area contributed by atoms with E-state index in [2.05, 4.69) is 39.1 Å². The van der Waals surface area contributed by atoms with Crippen LogP contribution >= 0.6 is 0 Å². The summed E-state index contributed by atoms with van der Waals surface area (Å²) in [4.78, 5) is 10.8. The second-order valence-corrected chi connectivity index (χ2v) is 4.16. The van der Waals surface area contributed by atoms with Gasteiger partial charge in [0.05, 0.1) is 6.54 Å². The number of nitrogens with two attached hydrogens (primary N) is 1. The van der Waals surface area contributed by atoms with Gasteiger partial charge in [0.25, 0.3) is 0 Å². The lowest BCUT2D eigenvalue weighted by Crippen LogP contribution is -2.17. The normalized spacial score (nSPS) is 13.8. The third kappa shape index (κ3) is 1.87. The maximum Gasteiger partial charge on any atom is 0.144 e. The predicted molar refractivity (Wildman–Crippen MR) is 66.3 cm³/mol. The van der Waals surface area contributed by atoms with Crippen LogP contribution < -0.4 is 10.6 Å². The summed E-state index contributed by atoms with van der Waals surface area (Å²) in [6.07, 6.45) is 1.77. The van der Waals surface area contributed by atoms with Crippen LogP contribution in [0.5, 0.6) is 0 Å². The number of nitrogens with zero attached hydrogens (tertiary/aromatic N) is 3. The first-order valence-electron chi connectivity index (χ1n) is 5.70. The topological polar surface area (TPSA) is 55.0 Å². The second kappa shape index (κ2) is 4.14. The molecule has 0 aliphatic carbocycles. The SMILES string of the molecule is NCc1nccc(N2Cc3ccccc3C2)n1. The Morgan fingerprint density at radius 1 is 1.12 bits per heavy atom. The van der Waals surface area contributed by atoms with Gasteiger partial charge in [0, 0.05) is 19.3 Å². The van der Waals surface area contributed by atoms with Crippen LogP contribution in [0.15, 0.2) is 36.5 Å². The van der Waals surface area contributed by atoms with Crippen LogP contribution in [-0.4, -0.2) is 9.97 Å². The summed E-state index contributed by atoms with van der Waals surface area (Å²) in [5.74, 6) is 1.65. The van der Waals surface area contributed by atoms with Crippen molar-refractivity contribution in [1.82, 2.24) is 9.97 Å². The number of benzene rings is 1. The highest BCUT2D eigenvalue weighted by atomic mass is 15.2. The molecule has 1 aliphatic heterocycles. The van der Waals surface area contributed by atoms with Gasteiger partial charge in [-0.25, -0.2) is 9.97 Å². The lowest BCUT2D eigenvalue weighted by Gasteiger charge is -2.16. The molecule has 0 spiro atoms. The van der Waals surface area contributed by atoms with E-state index in [0.29, 0.717) is 12.4 Å². The smallest absolute Gasteiger partial charge is 0.144 e. The molecule has 86 valence electrons. The van der Waals surface area contributed by atoms with Gasteiger partial charge in [-0.3, -0.25) is 0 Å². The summed E-state index contributed by atoms with van der Waals surface area (Å²) < 4.78 is 0. The van der Waals surface area contributed by atoms with Gasteiger partial charge in [-0.05, 0) is 17.2 Å². The average Bonchev–Trinajstić information content (AvgIpc) is 2.82. The first-order chi connectivity index (χ1) is 8.36. The molecule has 0 amide bonds. The highest BCUT2D eigenvalue weighted by Crippen LogP contribution is 2.26. The molecule has 0 atom stereocenters. The molecule has 0 radical (unpaired) electrons. The van der Waals surface area contributed by atoms with Crippen LogP contribution in [0.1, 0.15) is 17.0 Å². The van der Waals surface area contributed by atoms with E-state index in [-0.39, 0.29) is 0 Å². The molecule has 1 aromatic carbocycles. The molecule has 2 aromatic rings. The molecular weight excluding hydrogens is 212 g/mol. The molecule has 2 N–H and O–H groups in total. The quantitative estimate of drug-likeness (QED) is 0.842. The zero-order chi connectivity index (χ0) is 11.7. The Labute approximate surface area is 100 Å². The van der Waals surface area contributed by atoms with E-state index in [9.17, 15) is 0 Å². The zero-order valence-electron chi connectivity index (χ0n) is 9.50. The number of hydrogen-bond donors (Lipinski definition) is 1. The summed E-state index contributed by atoms with van der Waals surface area (Å²) >= 11 is 0. The largest absolute Gasteiger partial charge is 0.348 e. The lowest BCUT2D eigenvalue weighted by atomic mass is 10.1. The number of aromatic nitrogens is 2. The van der Waals surface area contributed by atoms with E-state index < -0.39 is 0 Å². The molecule has 3 rings (SSSR count). The molecule has 0 unspecified atom stereocenters. The van der Waals surface area contributed by atoms with E-state index in [1.165, 1.54) is 11.1 Å². The van der Waals surface area contributed by atoms with Gasteiger partial charge in [-0.15, -0.1) is 0 Å². The van der Waals surface area contributed by atoms with Crippen molar-refractivity contribution in [2.24, 2.45) is 5.73 Å². The Morgan fingerprint density at radius 2 is 1.82 bits per heavy atom. The number of fused-ring (bicyclic) bond motifs is 1. The molecule has 17 heavy (non-hydrogen) atoms. The van der Waals surface area contributed by atoms with Gasteiger partial charge >= 0.3 is 0 Å². The van der Waals surface area contributed by atoms with Crippen molar-refractivity contribution in [2.45, 2.75) is 19.6 Å². The molecule has 0 bridgehead atoms.